The number of allylic oxidation sites excluding steroid dienone is 1. The fourth-order valence-electron chi connectivity index (χ4n) is 2.66. The van der Waals surface area contributed by atoms with E-state index in [1.54, 1.807) is 0 Å². The Hall–Kier alpha value is -0.670. The molecule has 0 aromatic heterocycles. The highest BCUT2D eigenvalue weighted by atomic mass is 16.5. The molecule has 3 nitrogen and oxygen atoms in total. The molecule has 0 aliphatic heterocycles. The first-order valence-corrected chi connectivity index (χ1v) is 3.80. The van der Waals surface area contributed by atoms with Crippen LogP contribution in [-0.4, -0.2) is 21.8 Å². The Bertz CT molecular complexity index is 302. The number of hydrogen-bond acceptors (Lipinski definition) is 3. The first-order chi connectivity index (χ1) is 5.08. The number of carbonyl (C=O) groups is 1. The lowest BCUT2D eigenvalue weighted by molar-refractivity contribution is -0.193. The van der Waals surface area contributed by atoms with Crippen LogP contribution in [0.1, 0.15) is 12.8 Å². The Kier molecular flexibility index (Phi) is 0.640. The molecular weight excluding hydrogens is 144 g/mol. The first kappa shape index (κ1) is 5.91. The van der Waals surface area contributed by atoms with Crippen LogP contribution in [0.25, 0.3) is 0 Å². The van der Waals surface area contributed by atoms with Crippen molar-refractivity contribution in [2.75, 3.05) is 0 Å². The third kappa shape index (κ3) is 0.380. The van der Waals surface area contributed by atoms with Crippen molar-refractivity contribution in [3.8, 4) is 0 Å². The summed E-state index contributed by atoms with van der Waals surface area (Å²) in [6, 6.07) is 0. The molecule has 0 aromatic rings. The fourth-order valence-corrected chi connectivity index (χ4v) is 2.66. The molecule has 2 N–H and O–H groups in total. The highest BCUT2D eigenvalue weighted by Crippen LogP contribution is 2.70. The molecule has 2 fully saturated rings. The van der Waals surface area contributed by atoms with Crippen LogP contribution in [0.4, 0.5) is 0 Å². The summed E-state index contributed by atoms with van der Waals surface area (Å²) in [4.78, 5) is 11.1. The molecule has 0 amide bonds. The summed E-state index contributed by atoms with van der Waals surface area (Å²) in [5, 5.41) is 18.9. The summed E-state index contributed by atoms with van der Waals surface area (Å²) in [6.07, 6.45) is 2.86. The molecule has 0 heterocycles. The van der Waals surface area contributed by atoms with E-state index < -0.39 is 11.2 Å². The van der Waals surface area contributed by atoms with Gasteiger partial charge in [-0.05, 0) is 12.3 Å². The van der Waals surface area contributed by atoms with E-state index in [0.717, 1.165) is 0 Å². The number of Topliss-reactive ketones (excluding diaryl/α,β-unsaturated/α-hetero) is 1. The maximum atomic E-state index is 11.1. The average molecular weight is 152 g/mol. The highest BCUT2D eigenvalue weighted by Gasteiger charge is 2.78. The van der Waals surface area contributed by atoms with E-state index >= 15 is 0 Å². The zero-order chi connectivity index (χ0) is 7.85. The highest BCUT2D eigenvalue weighted by molar-refractivity contribution is 6.23. The van der Waals surface area contributed by atoms with E-state index in [2.05, 4.69) is 0 Å². The monoisotopic (exact) mass is 152 g/mol. The van der Waals surface area contributed by atoms with Crippen molar-refractivity contribution in [3.63, 3.8) is 0 Å². The Morgan fingerprint density at radius 2 is 2.18 bits per heavy atom. The fraction of sp³-hybridized carbons (Fsp3) is 0.625. The van der Waals surface area contributed by atoms with Crippen molar-refractivity contribution in [1.82, 2.24) is 0 Å². The number of carbonyl (C=O) groups excluding carboxylic acids is 1. The van der Waals surface area contributed by atoms with Crippen molar-refractivity contribution >= 4 is 5.78 Å². The van der Waals surface area contributed by atoms with Crippen molar-refractivity contribution in [2.24, 2.45) is 11.3 Å². The number of aliphatic hydroxyl groups is 2. The van der Waals surface area contributed by atoms with Crippen molar-refractivity contribution in [3.05, 3.63) is 11.6 Å². The average Bonchev–Trinajstić information content (AvgIpc) is 2.34. The summed E-state index contributed by atoms with van der Waals surface area (Å²) in [5.41, 5.74) is -0.170. The molecule has 0 aromatic carbocycles. The quantitative estimate of drug-likeness (QED) is 0.464. The standard InChI is InChI=1S/C8H8O3/c9-6-5-1-4-2-7(5,6)8(10,11)3-4/h1,4,10-11H,2-3H2. The zero-order valence-corrected chi connectivity index (χ0v) is 5.87. The van der Waals surface area contributed by atoms with E-state index in [-0.39, 0.29) is 11.7 Å². The van der Waals surface area contributed by atoms with E-state index in [9.17, 15) is 15.0 Å². The van der Waals surface area contributed by atoms with Gasteiger partial charge in [-0.25, -0.2) is 0 Å². The van der Waals surface area contributed by atoms with Gasteiger partial charge in [-0.1, -0.05) is 6.08 Å². The van der Waals surface area contributed by atoms with Crippen LogP contribution in [0.15, 0.2) is 11.6 Å². The lowest BCUT2D eigenvalue weighted by Crippen LogP contribution is -2.36. The Balaban J connectivity index is 2.23. The smallest absolute Gasteiger partial charge is 0.180 e. The lowest BCUT2D eigenvalue weighted by atomic mass is 9.98. The van der Waals surface area contributed by atoms with E-state index in [1.807, 2.05) is 6.08 Å². The second-order valence-electron chi connectivity index (χ2n) is 3.80. The van der Waals surface area contributed by atoms with Crippen LogP contribution in [0.5, 0.6) is 0 Å². The normalized spacial score (nSPS) is 49.1. The topological polar surface area (TPSA) is 57.5 Å². The van der Waals surface area contributed by atoms with Gasteiger partial charge in [0.15, 0.2) is 11.6 Å². The van der Waals surface area contributed by atoms with Gasteiger partial charge in [0.05, 0.1) is 0 Å². The molecule has 0 saturated heterocycles. The van der Waals surface area contributed by atoms with Gasteiger partial charge in [0.2, 0.25) is 0 Å². The van der Waals surface area contributed by atoms with Gasteiger partial charge in [0, 0.05) is 12.0 Å². The van der Waals surface area contributed by atoms with Crippen molar-refractivity contribution in [2.45, 2.75) is 18.6 Å². The van der Waals surface area contributed by atoms with Crippen LogP contribution >= 0.6 is 0 Å². The molecule has 11 heavy (non-hydrogen) atoms. The number of ketones is 1. The summed E-state index contributed by atoms with van der Waals surface area (Å²) in [5.74, 6) is -1.53. The maximum absolute atomic E-state index is 11.1. The summed E-state index contributed by atoms with van der Waals surface area (Å²) in [7, 11) is 0. The molecule has 3 aliphatic carbocycles. The second kappa shape index (κ2) is 1.19. The Morgan fingerprint density at radius 1 is 1.45 bits per heavy atom. The lowest BCUT2D eigenvalue weighted by Gasteiger charge is -2.21. The predicted molar refractivity (Wildman–Crippen MR) is 35.4 cm³/mol. The van der Waals surface area contributed by atoms with E-state index in [4.69, 9.17) is 0 Å². The van der Waals surface area contributed by atoms with Crippen LogP contribution in [-0.2, 0) is 4.79 Å². The molecule has 3 rings (SSSR count). The third-order valence-corrected chi connectivity index (χ3v) is 3.23. The maximum Gasteiger partial charge on any atom is 0.180 e. The third-order valence-electron chi connectivity index (χ3n) is 3.23. The van der Waals surface area contributed by atoms with Gasteiger partial charge < -0.3 is 10.2 Å². The van der Waals surface area contributed by atoms with Crippen LogP contribution in [0, 0.1) is 11.3 Å². The van der Waals surface area contributed by atoms with Gasteiger partial charge in [-0.3, -0.25) is 4.79 Å². The summed E-state index contributed by atoms with van der Waals surface area (Å²) >= 11 is 0. The van der Waals surface area contributed by atoms with Gasteiger partial charge in [-0.2, -0.15) is 0 Å². The van der Waals surface area contributed by atoms with E-state index in [0.29, 0.717) is 18.4 Å². The Morgan fingerprint density at radius 3 is 2.64 bits per heavy atom. The van der Waals surface area contributed by atoms with Gasteiger partial charge in [0.1, 0.15) is 5.41 Å². The molecule has 2 atom stereocenters. The van der Waals surface area contributed by atoms with Crippen molar-refractivity contribution in [1.29, 1.82) is 0 Å². The predicted octanol–water partition coefficient (Wildman–Crippen LogP) is -0.414. The van der Waals surface area contributed by atoms with Gasteiger partial charge in [0.25, 0.3) is 0 Å². The first-order valence-electron chi connectivity index (χ1n) is 3.80. The van der Waals surface area contributed by atoms with Crippen LogP contribution in [0.2, 0.25) is 0 Å². The van der Waals surface area contributed by atoms with Gasteiger partial charge >= 0.3 is 0 Å². The molecule has 2 unspecified atom stereocenters. The number of fused-ring (bicyclic) bond motifs is 1. The molecule has 58 valence electrons. The van der Waals surface area contributed by atoms with E-state index in [1.165, 1.54) is 0 Å². The molecule has 0 radical (unpaired) electrons. The minimum absolute atomic E-state index is 0.0451. The SMILES string of the molecule is O=C1C2=CC3CC(O)(O)C12C3. The molecule has 1 spiro atoms. The number of hydrogen-bond donors (Lipinski definition) is 2. The minimum Gasteiger partial charge on any atom is -0.364 e. The van der Waals surface area contributed by atoms with Crippen LogP contribution < -0.4 is 0 Å². The number of rotatable bonds is 0. The Labute approximate surface area is 63.3 Å². The van der Waals surface area contributed by atoms with Crippen molar-refractivity contribution < 1.29 is 15.0 Å². The zero-order valence-electron chi connectivity index (χ0n) is 5.87. The molecule has 2 bridgehead atoms. The van der Waals surface area contributed by atoms with Gasteiger partial charge in [-0.15, -0.1) is 0 Å². The molecule has 3 aliphatic rings. The summed E-state index contributed by atoms with van der Waals surface area (Å²) in [6.45, 7) is 0. The minimum atomic E-state index is -1.72. The van der Waals surface area contributed by atoms with Crippen LogP contribution in [0.3, 0.4) is 0 Å². The summed E-state index contributed by atoms with van der Waals surface area (Å²) < 4.78 is 0. The second-order valence-corrected chi connectivity index (χ2v) is 3.80. The largest absolute Gasteiger partial charge is 0.364 e. The molecule has 3 heteroatoms. The molecular formula is C8H8O3. The molecule has 2 saturated carbocycles.